The standard InChI is InChI=1S/C22H20ClN3O5/c1-12(13-5-3-2-4-6-13)24-19(27)11-18(22(30)31)26-20-16(21(28)29)10-14-9-15(23)7-8-17(14)25-20/h2-10,12,18H,11H2,1H3,(H,24,27)(H,25,26)(H,28,29)(H,30,31). The van der Waals surface area contributed by atoms with Crippen molar-refractivity contribution in [3.05, 3.63) is 70.7 Å². The SMILES string of the molecule is CC(NC(=O)CC(Nc1nc2ccc(Cl)cc2cc1C(=O)O)C(=O)O)c1ccccc1. The summed E-state index contributed by atoms with van der Waals surface area (Å²) >= 11 is 5.95. The highest BCUT2D eigenvalue weighted by molar-refractivity contribution is 6.31. The minimum Gasteiger partial charge on any atom is -0.480 e. The maximum absolute atomic E-state index is 12.4. The van der Waals surface area contributed by atoms with Crippen molar-refractivity contribution >= 4 is 46.2 Å². The molecule has 160 valence electrons. The highest BCUT2D eigenvalue weighted by Gasteiger charge is 2.25. The van der Waals surface area contributed by atoms with Crippen LogP contribution in [0.15, 0.2) is 54.6 Å². The van der Waals surface area contributed by atoms with Gasteiger partial charge in [0, 0.05) is 10.4 Å². The highest BCUT2D eigenvalue weighted by Crippen LogP contribution is 2.24. The van der Waals surface area contributed by atoms with Gasteiger partial charge in [-0.1, -0.05) is 41.9 Å². The number of hydrogen-bond acceptors (Lipinski definition) is 5. The van der Waals surface area contributed by atoms with E-state index in [9.17, 15) is 24.6 Å². The van der Waals surface area contributed by atoms with Gasteiger partial charge in [-0.15, -0.1) is 0 Å². The number of halogens is 1. The predicted molar refractivity (Wildman–Crippen MR) is 116 cm³/mol. The number of aliphatic carboxylic acids is 1. The summed E-state index contributed by atoms with van der Waals surface area (Å²) in [5.74, 6) is -3.24. The summed E-state index contributed by atoms with van der Waals surface area (Å²) in [6, 6.07) is 13.6. The summed E-state index contributed by atoms with van der Waals surface area (Å²) in [6.45, 7) is 1.79. The van der Waals surface area contributed by atoms with Crippen LogP contribution in [0.5, 0.6) is 0 Å². The molecule has 9 heteroatoms. The lowest BCUT2D eigenvalue weighted by Gasteiger charge is -2.19. The molecule has 2 aromatic carbocycles. The van der Waals surface area contributed by atoms with Crippen molar-refractivity contribution in [3.63, 3.8) is 0 Å². The Morgan fingerprint density at radius 2 is 1.77 bits per heavy atom. The molecule has 0 spiro atoms. The second kappa shape index (κ2) is 9.44. The Labute approximate surface area is 182 Å². The van der Waals surface area contributed by atoms with Gasteiger partial charge in [-0.25, -0.2) is 14.6 Å². The summed E-state index contributed by atoms with van der Waals surface area (Å²) in [5, 5.41) is 25.4. The topological polar surface area (TPSA) is 129 Å². The first kappa shape index (κ1) is 22.0. The smallest absolute Gasteiger partial charge is 0.339 e. The zero-order valence-electron chi connectivity index (χ0n) is 16.5. The van der Waals surface area contributed by atoms with Gasteiger partial charge >= 0.3 is 11.9 Å². The third-order valence-electron chi connectivity index (χ3n) is 4.68. The van der Waals surface area contributed by atoms with E-state index in [0.717, 1.165) is 5.56 Å². The van der Waals surface area contributed by atoms with Crippen LogP contribution >= 0.6 is 11.6 Å². The number of nitrogens with one attached hydrogen (secondary N) is 2. The summed E-state index contributed by atoms with van der Waals surface area (Å²) in [6.07, 6.45) is -0.411. The Balaban J connectivity index is 1.81. The Morgan fingerprint density at radius 3 is 2.42 bits per heavy atom. The van der Waals surface area contributed by atoms with E-state index in [1.165, 1.54) is 6.07 Å². The number of carboxylic acids is 2. The zero-order valence-corrected chi connectivity index (χ0v) is 17.3. The molecule has 8 nitrogen and oxygen atoms in total. The maximum atomic E-state index is 12.4. The van der Waals surface area contributed by atoms with E-state index in [-0.39, 0.29) is 17.4 Å². The third kappa shape index (κ3) is 5.49. The second-order valence-electron chi connectivity index (χ2n) is 6.97. The molecule has 0 saturated carbocycles. The predicted octanol–water partition coefficient (Wildman–Crippen LogP) is 3.72. The summed E-state index contributed by atoms with van der Waals surface area (Å²) in [5.41, 5.74) is 1.08. The van der Waals surface area contributed by atoms with E-state index in [1.54, 1.807) is 25.1 Å². The molecule has 0 aliphatic heterocycles. The van der Waals surface area contributed by atoms with Gasteiger partial charge in [-0.3, -0.25) is 4.79 Å². The monoisotopic (exact) mass is 441 g/mol. The molecule has 1 heterocycles. The molecule has 0 radical (unpaired) electrons. The quantitative estimate of drug-likeness (QED) is 0.419. The molecule has 4 N–H and O–H groups in total. The van der Waals surface area contributed by atoms with Gasteiger partial charge in [-0.05, 0) is 36.8 Å². The van der Waals surface area contributed by atoms with Crippen LogP contribution < -0.4 is 10.6 Å². The van der Waals surface area contributed by atoms with Crippen molar-refractivity contribution in [2.75, 3.05) is 5.32 Å². The van der Waals surface area contributed by atoms with Crippen LogP contribution in [0.1, 0.15) is 35.3 Å². The number of anilines is 1. The Kier molecular flexibility index (Phi) is 6.71. The summed E-state index contributed by atoms with van der Waals surface area (Å²) in [7, 11) is 0. The number of rotatable bonds is 8. The summed E-state index contributed by atoms with van der Waals surface area (Å²) in [4.78, 5) is 40.1. The van der Waals surface area contributed by atoms with Crippen molar-refractivity contribution in [1.82, 2.24) is 10.3 Å². The minimum absolute atomic E-state index is 0.140. The molecule has 0 saturated heterocycles. The minimum atomic E-state index is -1.38. The zero-order chi connectivity index (χ0) is 22.5. The van der Waals surface area contributed by atoms with Crippen LogP contribution in [0.2, 0.25) is 5.02 Å². The first-order valence-corrected chi connectivity index (χ1v) is 9.79. The highest BCUT2D eigenvalue weighted by atomic mass is 35.5. The number of amides is 1. The van der Waals surface area contributed by atoms with Gasteiger partial charge in [0.15, 0.2) is 0 Å². The molecule has 0 aliphatic carbocycles. The number of aromatic carboxylic acids is 1. The van der Waals surface area contributed by atoms with Gasteiger partial charge in [0.2, 0.25) is 5.91 Å². The average Bonchev–Trinajstić information content (AvgIpc) is 2.73. The molecule has 2 atom stereocenters. The molecule has 3 aromatic rings. The molecule has 0 bridgehead atoms. The van der Waals surface area contributed by atoms with E-state index in [2.05, 4.69) is 15.6 Å². The van der Waals surface area contributed by atoms with Crippen molar-refractivity contribution in [3.8, 4) is 0 Å². The lowest BCUT2D eigenvalue weighted by Crippen LogP contribution is -2.37. The molecule has 2 unspecified atom stereocenters. The first-order chi connectivity index (χ1) is 14.7. The first-order valence-electron chi connectivity index (χ1n) is 9.42. The fraction of sp³-hybridized carbons (Fsp3) is 0.182. The molecular formula is C22H20ClN3O5. The number of pyridine rings is 1. The van der Waals surface area contributed by atoms with Gasteiger partial charge in [0.05, 0.1) is 18.0 Å². The van der Waals surface area contributed by atoms with Crippen LogP contribution in [0.3, 0.4) is 0 Å². The fourth-order valence-electron chi connectivity index (χ4n) is 3.10. The Hall–Kier alpha value is -3.65. The number of carbonyl (C=O) groups excluding carboxylic acids is 1. The van der Waals surface area contributed by atoms with Crippen LogP contribution in [-0.2, 0) is 9.59 Å². The number of fused-ring (bicyclic) bond motifs is 1. The summed E-state index contributed by atoms with van der Waals surface area (Å²) < 4.78 is 0. The van der Waals surface area contributed by atoms with Crippen LogP contribution in [0.25, 0.3) is 10.9 Å². The van der Waals surface area contributed by atoms with Gasteiger partial charge in [0.25, 0.3) is 0 Å². The molecule has 1 amide bonds. The number of carbonyl (C=O) groups is 3. The van der Waals surface area contributed by atoms with E-state index < -0.39 is 30.3 Å². The molecule has 0 fully saturated rings. The van der Waals surface area contributed by atoms with Crippen molar-refractivity contribution < 1.29 is 24.6 Å². The average molecular weight is 442 g/mol. The molecule has 0 aliphatic rings. The largest absolute Gasteiger partial charge is 0.480 e. The number of benzene rings is 2. The maximum Gasteiger partial charge on any atom is 0.339 e. The van der Waals surface area contributed by atoms with Crippen LogP contribution in [0, 0.1) is 0 Å². The molecule has 31 heavy (non-hydrogen) atoms. The normalized spacial score (nSPS) is 12.7. The van der Waals surface area contributed by atoms with Crippen LogP contribution in [-0.4, -0.2) is 39.1 Å². The lowest BCUT2D eigenvalue weighted by molar-refractivity contribution is -0.140. The van der Waals surface area contributed by atoms with E-state index in [4.69, 9.17) is 11.6 Å². The molecule has 1 aromatic heterocycles. The van der Waals surface area contributed by atoms with E-state index in [1.807, 2.05) is 30.3 Å². The van der Waals surface area contributed by atoms with Gasteiger partial charge < -0.3 is 20.8 Å². The van der Waals surface area contributed by atoms with Gasteiger partial charge in [-0.2, -0.15) is 0 Å². The Bertz CT molecular complexity index is 1140. The van der Waals surface area contributed by atoms with Crippen molar-refractivity contribution in [2.45, 2.75) is 25.4 Å². The van der Waals surface area contributed by atoms with Gasteiger partial charge in [0.1, 0.15) is 17.4 Å². The number of hydrogen-bond donors (Lipinski definition) is 4. The number of aromatic nitrogens is 1. The van der Waals surface area contributed by atoms with Crippen LogP contribution in [0.4, 0.5) is 5.82 Å². The fourth-order valence-corrected chi connectivity index (χ4v) is 3.28. The van der Waals surface area contributed by atoms with E-state index in [0.29, 0.717) is 15.9 Å². The lowest BCUT2D eigenvalue weighted by atomic mass is 10.1. The van der Waals surface area contributed by atoms with Crippen molar-refractivity contribution in [2.24, 2.45) is 0 Å². The van der Waals surface area contributed by atoms with E-state index >= 15 is 0 Å². The number of nitrogens with zero attached hydrogens (tertiary/aromatic N) is 1. The van der Waals surface area contributed by atoms with Crippen molar-refractivity contribution in [1.29, 1.82) is 0 Å². The number of carboxylic acid groups (broad SMARTS) is 2. The second-order valence-corrected chi connectivity index (χ2v) is 7.40. The third-order valence-corrected chi connectivity index (χ3v) is 4.92. The Morgan fingerprint density at radius 1 is 1.06 bits per heavy atom. The molecular weight excluding hydrogens is 422 g/mol. The molecule has 3 rings (SSSR count).